The Bertz CT molecular complexity index is 1070. The number of rotatable bonds is 6. The van der Waals surface area contributed by atoms with Crippen molar-refractivity contribution >= 4 is 11.8 Å². The molecule has 0 spiro atoms. The van der Waals surface area contributed by atoms with E-state index in [1.165, 1.54) is 12.1 Å². The second-order valence-electron chi connectivity index (χ2n) is 7.95. The van der Waals surface area contributed by atoms with Gasteiger partial charge in [-0.25, -0.2) is 4.39 Å². The van der Waals surface area contributed by atoms with Crippen molar-refractivity contribution in [3.63, 3.8) is 0 Å². The smallest absolute Gasteiger partial charge is 0.228 e. The molecule has 31 heavy (non-hydrogen) atoms. The van der Waals surface area contributed by atoms with Crippen LogP contribution in [0.2, 0.25) is 0 Å². The first-order valence-electron chi connectivity index (χ1n) is 10.2. The minimum atomic E-state index is -0.777. The molecular formula is C24H24FN3O3. The third kappa shape index (κ3) is 4.50. The number of benzene rings is 2. The van der Waals surface area contributed by atoms with E-state index in [0.717, 1.165) is 11.1 Å². The van der Waals surface area contributed by atoms with Crippen molar-refractivity contribution in [2.45, 2.75) is 19.3 Å². The maximum Gasteiger partial charge on any atom is 0.228 e. The Labute approximate surface area is 180 Å². The zero-order valence-corrected chi connectivity index (χ0v) is 17.3. The molecule has 160 valence electrons. The van der Waals surface area contributed by atoms with Crippen LogP contribution in [0.25, 0.3) is 11.3 Å². The number of carbonyl (C=O) groups excluding carboxylic acids is 2. The van der Waals surface area contributed by atoms with E-state index in [1.807, 2.05) is 36.4 Å². The molecule has 2 heterocycles. The standard InChI is InChI=1S/C24H24FN3O3/c1-26-23(30)24(15-20-14-21(27-31-20)18-5-3-2-4-6-18)11-12-28(16-24)22(29)13-17-7-9-19(25)10-8-17/h2-10,14H,11-13,15-16H2,1H3,(H,26,30)/t24-/m1/s1. The number of amides is 2. The van der Waals surface area contributed by atoms with Crippen LogP contribution in [0.5, 0.6) is 0 Å². The number of likely N-dealkylation sites (tertiary alicyclic amines) is 1. The number of halogens is 1. The van der Waals surface area contributed by atoms with Gasteiger partial charge in [0.15, 0.2) is 0 Å². The molecule has 7 heteroatoms. The fourth-order valence-electron chi connectivity index (χ4n) is 4.12. The second kappa shape index (κ2) is 8.71. The SMILES string of the molecule is CNC(=O)[C@@]1(Cc2cc(-c3ccccc3)no2)CCN(C(=O)Cc2ccc(F)cc2)C1. The first-order chi connectivity index (χ1) is 15.0. The third-order valence-electron chi connectivity index (χ3n) is 5.82. The van der Waals surface area contributed by atoms with Gasteiger partial charge in [-0.05, 0) is 24.1 Å². The molecular weight excluding hydrogens is 397 g/mol. The first-order valence-corrected chi connectivity index (χ1v) is 10.2. The van der Waals surface area contributed by atoms with Crippen LogP contribution in [0.4, 0.5) is 4.39 Å². The highest BCUT2D eigenvalue weighted by Crippen LogP contribution is 2.36. The third-order valence-corrected chi connectivity index (χ3v) is 5.82. The number of hydrogen-bond donors (Lipinski definition) is 1. The van der Waals surface area contributed by atoms with Gasteiger partial charge in [0.1, 0.15) is 17.3 Å². The highest BCUT2D eigenvalue weighted by Gasteiger charge is 2.46. The van der Waals surface area contributed by atoms with Crippen LogP contribution in [0, 0.1) is 11.2 Å². The predicted octanol–water partition coefficient (Wildman–Crippen LogP) is 3.23. The fourth-order valence-corrected chi connectivity index (χ4v) is 4.12. The molecule has 1 aliphatic rings. The van der Waals surface area contributed by atoms with Crippen LogP contribution in [0.15, 0.2) is 65.2 Å². The van der Waals surface area contributed by atoms with Gasteiger partial charge in [0.2, 0.25) is 11.8 Å². The average Bonchev–Trinajstić information content (AvgIpc) is 3.44. The number of nitrogens with zero attached hydrogens (tertiary/aromatic N) is 2. The lowest BCUT2D eigenvalue weighted by Crippen LogP contribution is -2.44. The Morgan fingerprint density at radius 3 is 2.61 bits per heavy atom. The van der Waals surface area contributed by atoms with Crippen LogP contribution < -0.4 is 5.32 Å². The van der Waals surface area contributed by atoms with Crippen LogP contribution >= 0.6 is 0 Å². The molecule has 1 saturated heterocycles. The maximum atomic E-state index is 13.1. The van der Waals surface area contributed by atoms with E-state index in [0.29, 0.717) is 37.4 Å². The first kappa shape index (κ1) is 20.8. The Morgan fingerprint density at radius 2 is 1.90 bits per heavy atom. The largest absolute Gasteiger partial charge is 0.361 e. The summed E-state index contributed by atoms with van der Waals surface area (Å²) in [6, 6.07) is 17.4. The van der Waals surface area contributed by atoms with E-state index in [9.17, 15) is 14.0 Å². The van der Waals surface area contributed by atoms with Crippen molar-refractivity contribution in [3.8, 4) is 11.3 Å². The molecule has 1 aromatic heterocycles. The molecule has 1 aliphatic heterocycles. The number of carbonyl (C=O) groups is 2. The van der Waals surface area contributed by atoms with Gasteiger partial charge in [0.05, 0.1) is 11.8 Å². The minimum Gasteiger partial charge on any atom is -0.361 e. The molecule has 2 aromatic carbocycles. The van der Waals surface area contributed by atoms with Crippen molar-refractivity contribution in [2.24, 2.45) is 5.41 Å². The zero-order valence-electron chi connectivity index (χ0n) is 17.3. The summed E-state index contributed by atoms with van der Waals surface area (Å²) < 4.78 is 18.7. The summed E-state index contributed by atoms with van der Waals surface area (Å²) in [7, 11) is 1.60. The summed E-state index contributed by atoms with van der Waals surface area (Å²) in [5.74, 6) is 0.0652. The van der Waals surface area contributed by atoms with Crippen molar-refractivity contribution in [1.29, 1.82) is 0 Å². The molecule has 1 atom stereocenters. The number of aromatic nitrogens is 1. The summed E-state index contributed by atoms with van der Waals surface area (Å²) in [6.45, 7) is 0.779. The lowest BCUT2D eigenvalue weighted by Gasteiger charge is -2.26. The van der Waals surface area contributed by atoms with Gasteiger partial charge in [-0.15, -0.1) is 0 Å². The van der Waals surface area contributed by atoms with Crippen LogP contribution in [0.3, 0.4) is 0 Å². The number of hydrogen-bond acceptors (Lipinski definition) is 4. The Morgan fingerprint density at radius 1 is 1.16 bits per heavy atom. The van der Waals surface area contributed by atoms with Crippen molar-refractivity contribution in [2.75, 3.05) is 20.1 Å². The fraction of sp³-hybridized carbons (Fsp3) is 0.292. The molecule has 0 saturated carbocycles. The van der Waals surface area contributed by atoms with E-state index in [2.05, 4.69) is 10.5 Å². The quantitative estimate of drug-likeness (QED) is 0.663. The van der Waals surface area contributed by atoms with Crippen LogP contribution in [-0.2, 0) is 22.4 Å². The Kier molecular flexibility index (Phi) is 5.84. The highest BCUT2D eigenvalue weighted by molar-refractivity contribution is 5.86. The summed E-state index contributed by atoms with van der Waals surface area (Å²) in [4.78, 5) is 27.3. The van der Waals surface area contributed by atoms with Gasteiger partial charge in [-0.2, -0.15) is 0 Å². The Balaban J connectivity index is 1.49. The van der Waals surface area contributed by atoms with Gasteiger partial charge in [0.25, 0.3) is 0 Å². The van der Waals surface area contributed by atoms with Crippen LogP contribution in [-0.4, -0.2) is 42.0 Å². The molecule has 0 bridgehead atoms. The normalized spacial score (nSPS) is 18.2. The highest BCUT2D eigenvalue weighted by atomic mass is 19.1. The lowest BCUT2D eigenvalue weighted by atomic mass is 9.81. The van der Waals surface area contributed by atoms with Gasteiger partial charge < -0.3 is 14.7 Å². The topological polar surface area (TPSA) is 75.4 Å². The van der Waals surface area contributed by atoms with Crippen molar-refractivity contribution < 1.29 is 18.5 Å². The molecule has 0 radical (unpaired) electrons. The minimum absolute atomic E-state index is 0.0834. The van der Waals surface area contributed by atoms with Gasteiger partial charge in [-0.1, -0.05) is 47.6 Å². The van der Waals surface area contributed by atoms with E-state index in [4.69, 9.17) is 4.52 Å². The Hall–Kier alpha value is -3.48. The summed E-state index contributed by atoms with van der Waals surface area (Å²) in [5, 5.41) is 6.89. The van der Waals surface area contributed by atoms with Gasteiger partial charge in [0, 0.05) is 38.2 Å². The van der Waals surface area contributed by atoms with E-state index in [1.54, 1.807) is 24.1 Å². The van der Waals surface area contributed by atoms with Crippen LogP contribution in [0.1, 0.15) is 17.7 Å². The number of nitrogens with one attached hydrogen (secondary N) is 1. The van der Waals surface area contributed by atoms with Crippen molar-refractivity contribution in [1.82, 2.24) is 15.4 Å². The monoisotopic (exact) mass is 421 g/mol. The van der Waals surface area contributed by atoms with Crippen molar-refractivity contribution in [3.05, 3.63) is 77.8 Å². The predicted molar refractivity (Wildman–Crippen MR) is 113 cm³/mol. The maximum absolute atomic E-state index is 13.1. The molecule has 1 fully saturated rings. The molecule has 0 aliphatic carbocycles. The average molecular weight is 421 g/mol. The van der Waals surface area contributed by atoms with E-state index in [-0.39, 0.29) is 24.1 Å². The van der Waals surface area contributed by atoms with E-state index >= 15 is 0 Å². The molecule has 1 N–H and O–H groups in total. The molecule has 4 rings (SSSR count). The molecule has 3 aromatic rings. The summed E-state index contributed by atoms with van der Waals surface area (Å²) in [5.41, 5.74) is 1.62. The molecule has 0 unspecified atom stereocenters. The van der Waals surface area contributed by atoms with Gasteiger partial charge in [-0.3, -0.25) is 9.59 Å². The molecule has 2 amide bonds. The summed E-state index contributed by atoms with van der Waals surface area (Å²) in [6.07, 6.45) is 1.06. The van der Waals surface area contributed by atoms with Gasteiger partial charge >= 0.3 is 0 Å². The molecule has 6 nitrogen and oxygen atoms in total. The zero-order chi connectivity index (χ0) is 21.8. The lowest BCUT2D eigenvalue weighted by molar-refractivity contribution is -0.132. The second-order valence-corrected chi connectivity index (χ2v) is 7.95. The van der Waals surface area contributed by atoms with E-state index < -0.39 is 5.41 Å². The summed E-state index contributed by atoms with van der Waals surface area (Å²) >= 11 is 0.